The molecule has 0 saturated carbocycles. The molecular weight excluding hydrogens is 178 g/mol. The van der Waals surface area contributed by atoms with Gasteiger partial charge in [-0.15, -0.1) is 0 Å². The van der Waals surface area contributed by atoms with Gasteiger partial charge in [-0.05, 0) is 25.1 Å². The van der Waals surface area contributed by atoms with Crippen molar-refractivity contribution in [3.05, 3.63) is 29.3 Å². The summed E-state index contributed by atoms with van der Waals surface area (Å²) in [6, 6.07) is 7.59. The minimum Gasteiger partial charge on any atom is -0.487 e. The number of fused-ring (bicyclic) bond motifs is 3. The van der Waals surface area contributed by atoms with E-state index in [2.05, 4.69) is 6.07 Å². The van der Waals surface area contributed by atoms with Gasteiger partial charge in [-0.1, -0.05) is 0 Å². The highest BCUT2D eigenvalue weighted by atomic mass is 16.6. The van der Waals surface area contributed by atoms with Gasteiger partial charge >= 0.3 is 0 Å². The van der Waals surface area contributed by atoms with Gasteiger partial charge in [0.1, 0.15) is 24.1 Å². The summed E-state index contributed by atoms with van der Waals surface area (Å²) in [7, 11) is 0. The van der Waals surface area contributed by atoms with Gasteiger partial charge in [0.25, 0.3) is 0 Å². The molecule has 0 bridgehead atoms. The van der Waals surface area contributed by atoms with Gasteiger partial charge in [-0.25, -0.2) is 0 Å². The number of nitriles is 1. The lowest BCUT2D eigenvalue weighted by atomic mass is 10.0. The number of ether oxygens (including phenoxy) is 2. The zero-order valence-electron chi connectivity index (χ0n) is 7.73. The van der Waals surface area contributed by atoms with Crippen LogP contribution in [0.1, 0.15) is 24.2 Å². The molecule has 2 aliphatic heterocycles. The van der Waals surface area contributed by atoms with Gasteiger partial charge in [0, 0.05) is 5.56 Å². The van der Waals surface area contributed by atoms with E-state index < -0.39 is 0 Å². The normalized spacial score (nSPS) is 32.1. The van der Waals surface area contributed by atoms with Crippen molar-refractivity contribution in [2.24, 2.45) is 0 Å². The fraction of sp³-hybridized carbons (Fsp3) is 0.364. The minimum absolute atomic E-state index is 0.125. The number of epoxide rings is 1. The highest BCUT2D eigenvalue weighted by Crippen LogP contribution is 2.49. The minimum atomic E-state index is 0.125. The molecule has 3 heteroatoms. The van der Waals surface area contributed by atoms with Gasteiger partial charge < -0.3 is 9.47 Å². The quantitative estimate of drug-likeness (QED) is 0.581. The van der Waals surface area contributed by atoms with E-state index in [0.717, 1.165) is 11.3 Å². The smallest absolute Gasteiger partial charge is 0.125 e. The average molecular weight is 187 g/mol. The van der Waals surface area contributed by atoms with E-state index in [9.17, 15) is 0 Å². The Labute approximate surface area is 81.9 Å². The molecule has 3 rings (SSSR count). The summed E-state index contributed by atoms with van der Waals surface area (Å²) in [6.07, 6.45) is 0.471. The van der Waals surface area contributed by atoms with Gasteiger partial charge in [0.15, 0.2) is 0 Å². The molecule has 0 amide bonds. The van der Waals surface area contributed by atoms with Crippen molar-refractivity contribution >= 4 is 0 Å². The maximum absolute atomic E-state index is 8.76. The molecule has 0 N–H and O–H groups in total. The topological polar surface area (TPSA) is 45.5 Å². The molecule has 0 radical (unpaired) electrons. The third kappa shape index (κ3) is 0.948. The molecule has 70 valence electrons. The molecule has 0 unspecified atom stereocenters. The van der Waals surface area contributed by atoms with Crippen molar-refractivity contribution in [1.29, 1.82) is 5.26 Å². The molecule has 0 aromatic heterocycles. The molecule has 2 heterocycles. The predicted octanol–water partition coefficient (Wildman–Crippen LogP) is 1.78. The van der Waals surface area contributed by atoms with E-state index >= 15 is 0 Å². The molecule has 14 heavy (non-hydrogen) atoms. The number of hydrogen-bond donors (Lipinski definition) is 0. The van der Waals surface area contributed by atoms with E-state index in [1.807, 2.05) is 19.1 Å². The lowest BCUT2D eigenvalue weighted by molar-refractivity contribution is 0.177. The Morgan fingerprint density at radius 3 is 3.07 bits per heavy atom. The molecule has 1 aromatic rings. The monoisotopic (exact) mass is 187 g/mol. The van der Waals surface area contributed by atoms with Crippen LogP contribution in [0.5, 0.6) is 5.75 Å². The zero-order valence-corrected chi connectivity index (χ0v) is 7.73. The lowest BCUT2D eigenvalue weighted by Crippen LogP contribution is -2.23. The SMILES string of the molecule is C[C@@H]1Oc2ccc(C#N)cc2[C@@H]2O[C@H]12. The number of benzene rings is 1. The summed E-state index contributed by atoms with van der Waals surface area (Å²) in [5, 5.41) is 8.76. The fourth-order valence-electron chi connectivity index (χ4n) is 1.95. The predicted molar refractivity (Wildman–Crippen MR) is 48.9 cm³/mol. The Kier molecular flexibility index (Phi) is 1.39. The van der Waals surface area contributed by atoms with Crippen LogP contribution in [-0.4, -0.2) is 12.2 Å². The van der Waals surface area contributed by atoms with Crippen LogP contribution in [0.2, 0.25) is 0 Å². The Morgan fingerprint density at radius 2 is 2.29 bits per heavy atom. The molecule has 3 atom stereocenters. The van der Waals surface area contributed by atoms with Gasteiger partial charge in [-0.3, -0.25) is 0 Å². The molecule has 1 saturated heterocycles. The van der Waals surface area contributed by atoms with Crippen LogP contribution in [0.15, 0.2) is 18.2 Å². The van der Waals surface area contributed by atoms with Crippen LogP contribution in [0.4, 0.5) is 0 Å². The Hall–Kier alpha value is -1.53. The Morgan fingerprint density at radius 1 is 1.43 bits per heavy atom. The standard InChI is InChI=1S/C11H9NO2/c1-6-10-11(14-10)8-4-7(5-12)2-3-9(8)13-6/h2-4,6,10-11H,1H3/t6-,10+,11-/m0/s1. The molecule has 0 aliphatic carbocycles. The number of rotatable bonds is 0. The summed E-state index contributed by atoms with van der Waals surface area (Å²) >= 11 is 0. The van der Waals surface area contributed by atoms with Crippen LogP contribution in [0.3, 0.4) is 0 Å². The Balaban J connectivity index is 2.09. The van der Waals surface area contributed by atoms with Crippen molar-refractivity contribution < 1.29 is 9.47 Å². The molecule has 1 aromatic carbocycles. The first-order valence-corrected chi connectivity index (χ1v) is 4.66. The van der Waals surface area contributed by atoms with E-state index in [1.54, 1.807) is 6.07 Å². The third-order valence-corrected chi connectivity index (χ3v) is 2.75. The zero-order chi connectivity index (χ0) is 9.71. The number of nitrogens with zero attached hydrogens (tertiary/aromatic N) is 1. The lowest BCUT2D eigenvalue weighted by Gasteiger charge is -2.19. The maximum atomic E-state index is 8.76. The third-order valence-electron chi connectivity index (χ3n) is 2.75. The Bertz CT molecular complexity index is 435. The average Bonchev–Trinajstić information content (AvgIpc) is 2.98. The van der Waals surface area contributed by atoms with Crippen LogP contribution in [0.25, 0.3) is 0 Å². The second kappa shape index (κ2) is 2.49. The van der Waals surface area contributed by atoms with E-state index in [0.29, 0.717) is 5.56 Å². The van der Waals surface area contributed by atoms with Gasteiger partial charge in [-0.2, -0.15) is 5.26 Å². The second-order valence-electron chi connectivity index (χ2n) is 3.71. The summed E-state index contributed by atoms with van der Waals surface area (Å²) in [4.78, 5) is 0. The fourth-order valence-corrected chi connectivity index (χ4v) is 1.95. The van der Waals surface area contributed by atoms with Gasteiger partial charge in [0.2, 0.25) is 0 Å². The van der Waals surface area contributed by atoms with Crippen LogP contribution < -0.4 is 4.74 Å². The van der Waals surface area contributed by atoms with E-state index in [1.165, 1.54) is 0 Å². The first-order valence-electron chi connectivity index (χ1n) is 4.66. The molecule has 2 aliphatic rings. The highest BCUT2D eigenvalue weighted by Gasteiger charge is 2.50. The van der Waals surface area contributed by atoms with Crippen molar-refractivity contribution in [2.45, 2.75) is 25.2 Å². The molecule has 3 nitrogen and oxygen atoms in total. The summed E-state index contributed by atoms with van der Waals surface area (Å²) in [5.74, 6) is 0.857. The summed E-state index contributed by atoms with van der Waals surface area (Å²) in [6.45, 7) is 2.01. The summed E-state index contributed by atoms with van der Waals surface area (Å²) < 4.78 is 11.1. The molecular formula is C11H9NO2. The molecule has 1 fully saturated rings. The van der Waals surface area contributed by atoms with E-state index in [-0.39, 0.29) is 18.3 Å². The first kappa shape index (κ1) is 7.84. The van der Waals surface area contributed by atoms with Gasteiger partial charge in [0.05, 0.1) is 11.6 Å². The van der Waals surface area contributed by atoms with Crippen molar-refractivity contribution in [1.82, 2.24) is 0 Å². The second-order valence-corrected chi connectivity index (χ2v) is 3.71. The molecule has 0 spiro atoms. The van der Waals surface area contributed by atoms with Crippen molar-refractivity contribution in [3.63, 3.8) is 0 Å². The highest BCUT2D eigenvalue weighted by molar-refractivity contribution is 5.46. The van der Waals surface area contributed by atoms with Crippen LogP contribution >= 0.6 is 0 Å². The van der Waals surface area contributed by atoms with Crippen LogP contribution in [0, 0.1) is 11.3 Å². The number of hydrogen-bond acceptors (Lipinski definition) is 3. The summed E-state index contributed by atoms with van der Waals surface area (Å²) in [5.41, 5.74) is 1.68. The van der Waals surface area contributed by atoms with E-state index in [4.69, 9.17) is 14.7 Å². The van der Waals surface area contributed by atoms with Crippen molar-refractivity contribution in [2.75, 3.05) is 0 Å². The maximum Gasteiger partial charge on any atom is 0.125 e. The first-order chi connectivity index (χ1) is 6.79. The van der Waals surface area contributed by atoms with Crippen LogP contribution in [-0.2, 0) is 4.74 Å². The largest absolute Gasteiger partial charge is 0.487 e. The van der Waals surface area contributed by atoms with Crippen molar-refractivity contribution in [3.8, 4) is 11.8 Å².